The van der Waals surface area contributed by atoms with Gasteiger partial charge in [-0.15, -0.1) is 0 Å². The zero-order chi connectivity index (χ0) is 31.1. The van der Waals surface area contributed by atoms with Crippen molar-refractivity contribution >= 4 is 55.1 Å². The third kappa shape index (κ3) is 8.48. The average molecular weight is 689 g/mol. The van der Waals surface area contributed by atoms with Crippen LogP contribution in [0.25, 0.3) is 0 Å². The molecule has 0 heterocycles. The maximum Gasteiger partial charge on any atom is 0.417 e. The number of carbonyl (C=O) groups excluding carboxylic acids is 2. The van der Waals surface area contributed by atoms with Crippen LogP contribution in [0.5, 0.6) is 0 Å². The molecule has 3 aromatic rings. The summed E-state index contributed by atoms with van der Waals surface area (Å²) in [6.07, 6.45) is -3.32. The van der Waals surface area contributed by atoms with Gasteiger partial charge in [-0.25, -0.2) is 8.42 Å². The summed E-state index contributed by atoms with van der Waals surface area (Å²) in [4.78, 5) is 27.9. The molecule has 7 nitrogen and oxygen atoms in total. The molecule has 0 spiro atoms. The Bertz CT molecular complexity index is 1490. The zero-order valence-corrected chi connectivity index (χ0v) is 26.0. The molecule has 0 aliphatic heterocycles. The fourth-order valence-corrected chi connectivity index (χ4v) is 5.96. The van der Waals surface area contributed by atoms with E-state index < -0.39 is 56.9 Å². The monoisotopic (exact) mass is 687 g/mol. The Morgan fingerprint density at radius 3 is 2.26 bits per heavy atom. The zero-order valence-electron chi connectivity index (χ0n) is 22.9. The van der Waals surface area contributed by atoms with Gasteiger partial charge in [0, 0.05) is 17.6 Å². The van der Waals surface area contributed by atoms with Crippen LogP contribution >= 0.6 is 27.5 Å². The summed E-state index contributed by atoms with van der Waals surface area (Å²) in [5.41, 5.74) is -1.01. The highest BCUT2D eigenvalue weighted by atomic mass is 79.9. The summed E-state index contributed by atoms with van der Waals surface area (Å²) in [5.74, 6) is -1.24. The number of sulfonamides is 1. The Labute approximate surface area is 256 Å². The van der Waals surface area contributed by atoms with Crippen LogP contribution in [0.15, 0.2) is 82.2 Å². The number of nitrogens with zero attached hydrogens (tertiary/aromatic N) is 2. The molecule has 0 aromatic heterocycles. The van der Waals surface area contributed by atoms with Crippen molar-refractivity contribution in [2.45, 2.75) is 50.3 Å². The third-order valence-corrected chi connectivity index (χ3v) is 9.06. The fraction of sp³-hybridized carbons (Fsp3) is 0.310. The van der Waals surface area contributed by atoms with Crippen molar-refractivity contribution in [1.29, 1.82) is 0 Å². The van der Waals surface area contributed by atoms with Gasteiger partial charge in [-0.2, -0.15) is 13.2 Å². The number of hydrogen-bond acceptors (Lipinski definition) is 4. The van der Waals surface area contributed by atoms with Crippen LogP contribution in [0.4, 0.5) is 18.9 Å². The molecule has 0 fully saturated rings. The van der Waals surface area contributed by atoms with Crippen molar-refractivity contribution in [3.63, 3.8) is 0 Å². The van der Waals surface area contributed by atoms with Crippen molar-refractivity contribution in [3.8, 4) is 0 Å². The molecule has 0 aliphatic rings. The van der Waals surface area contributed by atoms with Crippen molar-refractivity contribution < 1.29 is 31.2 Å². The van der Waals surface area contributed by atoms with E-state index in [4.69, 9.17) is 11.6 Å². The normalized spacial score (nSPS) is 12.5. The third-order valence-electron chi connectivity index (χ3n) is 6.42. The Hall–Kier alpha value is -3.09. The van der Waals surface area contributed by atoms with Crippen LogP contribution in [0, 0.1) is 0 Å². The van der Waals surface area contributed by atoms with Crippen LogP contribution in [0.1, 0.15) is 37.8 Å². The van der Waals surface area contributed by atoms with Gasteiger partial charge in [0.2, 0.25) is 11.8 Å². The van der Waals surface area contributed by atoms with E-state index in [1.165, 1.54) is 36.1 Å². The predicted octanol–water partition coefficient (Wildman–Crippen LogP) is 6.65. The lowest BCUT2D eigenvalue weighted by atomic mass is 10.1. The number of rotatable bonds is 12. The van der Waals surface area contributed by atoms with Gasteiger partial charge in [-0.05, 0) is 61.4 Å². The first-order chi connectivity index (χ1) is 19.8. The highest BCUT2D eigenvalue weighted by Crippen LogP contribution is 2.38. The highest BCUT2D eigenvalue weighted by molar-refractivity contribution is 9.10. The second-order valence-corrected chi connectivity index (χ2v) is 12.6. The van der Waals surface area contributed by atoms with E-state index in [-0.39, 0.29) is 11.4 Å². The molecule has 2 amide bonds. The lowest BCUT2D eigenvalue weighted by Crippen LogP contribution is -2.51. The van der Waals surface area contributed by atoms with Gasteiger partial charge in [0.05, 0.1) is 21.2 Å². The second kappa shape index (κ2) is 14.4. The minimum atomic E-state index is -4.88. The maximum absolute atomic E-state index is 13.9. The molecule has 0 radical (unpaired) electrons. The first kappa shape index (κ1) is 33.4. The Morgan fingerprint density at radius 2 is 1.67 bits per heavy atom. The maximum atomic E-state index is 13.9. The molecule has 1 atom stereocenters. The standard InChI is InChI=1S/C29H30BrClF3N3O4S/c1-3-4-16-35-28(39)20(2)36(18-21-10-12-22(30)13-11-21)27(38)19-37(42(40,41)24-8-6-5-7-9-24)23-14-15-26(31)25(17-23)29(32,33)34/h5-15,17,20H,3-4,16,18-19H2,1-2H3,(H,35,39)/t20-/m0/s1. The summed E-state index contributed by atoms with van der Waals surface area (Å²) in [6, 6.07) is 15.6. The number of anilines is 1. The minimum Gasteiger partial charge on any atom is -0.354 e. The predicted molar refractivity (Wildman–Crippen MR) is 159 cm³/mol. The van der Waals surface area contributed by atoms with E-state index in [9.17, 15) is 31.2 Å². The number of carbonyl (C=O) groups is 2. The van der Waals surface area contributed by atoms with Gasteiger partial charge in [-0.3, -0.25) is 13.9 Å². The van der Waals surface area contributed by atoms with Gasteiger partial charge in [-0.1, -0.05) is 71.2 Å². The fourth-order valence-electron chi connectivity index (χ4n) is 4.04. The largest absolute Gasteiger partial charge is 0.417 e. The van der Waals surface area contributed by atoms with E-state index in [0.717, 1.165) is 29.4 Å². The summed E-state index contributed by atoms with van der Waals surface area (Å²) < 4.78 is 70.1. The van der Waals surface area contributed by atoms with Gasteiger partial charge in [0.1, 0.15) is 12.6 Å². The average Bonchev–Trinajstić information content (AvgIpc) is 2.95. The first-order valence-electron chi connectivity index (χ1n) is 13.0. The molecule has 0 saturated heterocycles. The van der Waals surface area contributed by atoms with Crippen molar-refractivity contribution in [2.75, 3.05) is 17.4 Å². The molecule has 226 valence electrons. The quantitative estimate of drug-likeness (QED) is 0.216. The molecular weight excluding hydrogens is 659 g/mol. The second-order valence-electron chi connectivity index (χ2n) is 9.46. The smallest absolute Gasteiger partial charge is 0.354 e. The van der Waals surface area contributed by atoms with Crippen molar-refractivity contribution in [2.24, 2.45) is 0 Å². The Morgan fingerprint density at radius 1 is 1.02 bits per heavy atom. The van der Waals surface area contributed by atoms with Gasteiger partial charge in [0.15, 0.2) is 0 Å². The van der Waals surface area contributed by atoms with E-state index in [2.05, 4.69) is 21.2 Å². The Balaban J connectivity index is 2.07. The van der Waals surface area contributed by atoms with Crippen LogP contribution in [-0.2, 0) is 32.3 Å². The van der Waals surface area contributed by atoms with Crippen LogP contribution in [-0.4, -0.2) is 44.3 Å². The van der Waals surface area contributed by atoms with Crippen molar-refractivity contribution in [1.82, 2.24) is 10.2 Å². The van der Waals surface area contributed by atoms with Gasteiger partial charge < -0.3 is 10.2 Å². The Kier molecular flexibility index (Phi) is 11.4. The lowest BCUT2D eigenvalue weighted by molar-refractivity contribution is -0.139. The van der Waals surface area contributed by atoms with Crippen LogP contribution in [0.3, 0.4) is 0 Å². The number of nitrogens with one attached hydrogen (secondary N) is 1. The molecule has 0 bridgehead atoms. The summed E-state index contributed by atoms with van der Waals surface area (Å²) in [6.45, 7) is 2.93. The number of alkyl halides is 3. The number of unbranched alkanes of at least 4 members (excludes halogenated alkanes) is 1. The van der Waals surface area contributed by atoms with Gasteiger partial charge in [0.25, 0.3) is 10.0 Å². The highest BCUT2D eigenvalue weighted by Gasteiger charge is 2.37. The number of amides is 2. The number of hydrogen-bond donors (Lipinski definition) is 1. The number of benzene rings is 3. The minimum absolute atomic E-state index is 0.0535. The molecule has 0 unspecified atom stereocenters. The molecule has 13 heteroatoms. The van der Waals surface area contributed by atoms with E-state index in [1.54, 1.807) is 30.3 Å². The molecular formula is C29H30BrClF3N3O4S. The van der Waals surface area contributed by atoms with Crippen LogP contribution < -0.4 is 9.62 Å². The van der Waals surface area contributed by atoms with E-state index >= 15 is 0 Å². The molecule has 3 rings (SSSR count). The van der Waals surface area contributed by atoms with Crippen molar-refractivity contribution in [3.05, 3.63) is 93.4 Å². The molecule has 0 aliphatic carbocycles. The molecule has 3 aromatic carbocycles. The van der Waals surface area contributed by atoms with E-state index in [1.807, 2.05) is 6.92 Å². The van der Waals surface area contributed by atoms with Crippen LogP contribution in [0.2, 0.25) is 5.02 Å². The number of halogens is 5. The lowest BCUT2D eigenvalue weighted by Gasteiger charge is -2.32. The van der Waals surface area contributed by atoms with E-state index in [0.29, 0.717) is 22.5 Å². The molecule has 0 saturated carbocycles. The molecule has 1 N–H and O–H groups in total. The summed E-state index contributed by atoms with van der Waals surface area (Å²) in [5, 5.41) is 2.15. The summed E-state index contributed by atoms with van der Waals surface area (Å²) in [7, 11) is -4.53. The first-order valence-corrected chi connectivity index (χ1v) is 15.6. The topological polar surface area (TPSA) is 86.8 Å². The SMILES string of the molecule is CCCCNC(=O)[C@H](C)N(Cc1ccc(Br)cc1)C(=O)CN(c1ccc(Cl)c(C(F)(F)F)c1)S(=O)(=O)c1ccccc1. The summed E-state index contributed by atoms with van der Waals surface area (Å²) >= 11 is 9.14. The molecule has 42 heavy (non-hydrogen) atoms. The van der Waals surface area contributed by atoms with Gasteiger partial charge >= 0.3 is 6.18 Å².